The molecule has 0 unspecified atom stereocenters. The largest absolute Gasteiger partial charge is 0.404 e. The number of carbonyl (C=O) groups excluding carboxylic acids is 1. The molecule has 0 saturated heterocycles. The van der Waals surface area contributed by atoms with Crippen LogP contribution in [0.15, 0.2) is 48.9 Å². The van der Waals surface area contributed by atoms with Gasteiger partial charge in [0.15, 0.2) is 0 Å². The van der Waals surface area contributed by atoms with Gasteiger partial charge in [0.1, 0.15) is 0 Å². The number of nitrogens with zero attached hydrogens (tertiary/aromatic N) is 2. The molecule has 4 heteroatoms. The molecule has 2 rings (SSSR count). The number of aromatic nitrogens is 2. The van der Waals surface area contributed by atoms with Gasteiger partial charge >= 0.3 is 5.97 Å². The quantitative estimate of drug-likeness (QED) is 0.692. The van der Waals surface area contributed by atoms with Crippen LogP contribution >= 0.6 is 0 Å². The van der Waals surface area contributed by atoms with Crippen LogP contribution < -0.4 is 4.74 Å². The topological polar surface area (TPSA) is 52.1 Å². The van der Waals surface area contributed by atoms with Crippen LogP contribution in [-0.2, 0) is 0 Å². The number of rotatable bonds is 2. The lowest BCUT2D eigenvalue weighted by Gasteiger charge is -2.01. The van der Waals surface area contributed by atoms with Crippen LogP contribution in [0.3, 0.4) is 0 Å². The molecule has 4 nitrogen and oxygen atoms in total. The van der Waals surface area contributed by atoms with E-state index in [0.717, 1.165) is 0 Å². The molecule has 0 fully saturated rings. The summed E-state index contributed by atoms with van der Waals surface area (Å²) in [5.41, 5.74) is 0.406. The fourth-order valence-electron chi connectivity index (χ4n) is 1.04. The van der Waals surface area contributed by atoms with E-state index in [2.05, 4.69) is 9.97 Å². The summed E-state index contributed by atoms with van der Waals surface area (Å²) in [6, 6.07) is 8.43. The van der Waals surface area contributed by atoms with Gasteiger partial charge in [-0.3, -0.25) is 4.98 Å². The predicted octanol–water partition coefficient (Wildman–Crippen LogP) is 1.70. The Morgan fingerprint density at radius 1 is 1.13 bits per heavy atom. The molecule has 0 aliphatic heterocycles. The van der Waals surface area contributed by atoms with E-state index in [9.17, 15) is 4.79 Å². The van der Waals surface area contributed by atoms with Gasteiger partial charge in [-0.15, -0.1) is 0 Å². The Morgan fingerprint density at radius 2 is 2.07 bits per heavy atom. The van der Waals surface area contributed by atoms with Gasteiger partial charge < -0.3 is 4.74 Å². The third kappa shape index (κ3) is 2.37. The fourth-order valence-corrected chi connectivity index (χ4v) is 1.04. The molecule has 2 aromatic heterocycles. The van der Waals surface area contributed by atoms with E-state index in [4.69, 9.17) is 4.74 Å². The standard InChI is InChI=1S/C11H8N2O2/c14-11(9-4-3-6-12-8-9)15-10-5-1-2-7-13-10/h1-8H. The molecule has 0 atom stereocenters. The molecular formula is C11H8N2O2. The second-order valence-corrected chi connectivity index (χ2v) is 2.80. The van der Waals surface area contributed by atoms with E-state index >= 15 is 0 Å². The third-order valence-electron chi connectivity index (χ3n) is 1.73. The molecule has 0 aromatic carbocycles. The second kappa shape index (κ2) is 4.32. The molecule has 0 saturated carbocycles. The summed E-state index contributed by atoms with van der Waals surface area (Å²) in [7, 11) is 0. The maximum absolute atomic E-state index is 11.5. The minimum absolute atomic E-state index is 0.284. The van der Waals surface area contributed by atoms with E-state index in [1.165, 1.54) is 6.20 Å². The van der Waals surface area contributed by atoms with Crippen molar-refractivity contribution in [2.45, 2.75) is 0 Å². The van der Waals surface area contributed by atoms with Gasteiger partial charge in [0.25, 0.3) is 0 Å². The van der Waals surface area contributed by atoms with Crippen LogP contribution in [0, 0.1) is 0 Å². The highest BCUT2D eigenvalue weighted by Crippen LogP contribution is 2.07. The third-order valence-corrected chi connectivity index (χ3v) is 1.73. The van der Waals surface area contributed by atoms with Gasteiger partial charge in [0.2, 0.25) is 5.88 Å². The summed E-state index contributed by atoms with van der Waals surface area (Å²) in [4.78, 5) is 19.2. The Balaban J connectivity index is 2.12. The Kier molecular flexibility index (Phi) is 2.69. The van der Waals surface area contributed by atoms with Gasteiger partial charge in [-0.05, 0) is 18.2 Å². The molecule has 0 bridgehead atoms. The predicted molar refractivity (Wildman–Crippen MR) is 53.4 cm³/mol. The maximum atomic E-state index is 11.5. The van der Waals surface area contributed by atoms with E-state index in [-0.39, 0.29) is 5.88 Å². The summed E-state index contributed by atoms with van der Waals surface area (Å²) in [6.07, 6.45) is 4.61. The molecular weight excluding hydrogens is 192 g/mol. The van der Waals surface area contributed by atoms with Crippen LogP contribution in [0.1, 0.15) is 10.4 Å². The van der Waals surface area contributed by atoms with E-state index in [0.29, 0.717) is 5.56 Å². The van der Waals surface area contributed by atoms with Crippen LogP contribution in [0.5, 0.6) is 5.88 Å². The highest BCUT2D eigenvalue weighted by Gasteiger charge is 2.07. The number of hydrogen-bond acceptors (Lipinski definition) is 4. The first-order valence-electron chi connectivity index (χ1n) is 4.39. The Bertz CT molecular complexity index is 443. The van der Waals surface area contributed by atoms with Crippen LogP contribution in [0.25, 0.3) is 0 Å². The van der Waals surface area contributed by atoms with Crippen molar-refractivity contribution in [3.05, 3.63) is 54.5 Å². The van der Waals surface area contributed by atoms with Gasteiger partial charge in [-0.2, -0.15) is 0 Å². The number of esters is 1. The first kappa shape index (κ1) is 9.33. The smallest absolute Gasteiger partial charge is 0.346 e. The van der Waals surface area contributed by atoms with E-state index in [1.54, 1.807) is 42.7 Å². The lowest BCUT2D eigenvalue weighted by Crippen LogP contribution is -2.09. The average molecular weight is 200 g/mol. The zero-order valence-electron chi connectivity index (χ0n) is 7.83. The van der Waals surface area contributed by atoms with Crippen LogP contribution in [0.4, 0.5) is 0 Å². The summed E-state index contributed by atoms with van der Waals surface area (Å²) in [5, 5.41) is 0. The lowest BCUT2D eigenvalue weighted by molar-refractivity contribution is 0.0727. The van der Waals surface area contributed by atoms with Crippen molar-refractivity contribution in [2.24, 2.45) is 0 Å². The van der Waals surface area contributed by atoms with Crippen LogP contribution in [0.2, 0.25) is 0 Å². The molecule has 0 aliphatic rings. The van der Waals surface area contributed by atoms with Crippen molar-refractivity contribution < 1.29 is 9.53 Å². The fraction of sp³-hybridized carbons (Fsp3) is 0. The summed E-state index contributed by atoms with van der Waals surface area (Å²) < 4.78 is 5.01. The van der Waals surface area contributed by atoms with Crippen LogP contribution in [-0.4, -0.2) is 15.9 Å². The van der Waals surface area contributed by atoms with Crippen molar-refractivity contribution in [3.8, 4) is 5.88 Å². The van der Waals surface area contributed by atoms with E-state index < -0.39 is 5.97 Å². The maximum Gasteiger partial charge on any atom is 0.346 e. The van der Waals surface area contributed by atoms with Gasteiger partial charge in [-0.1, -0.05) is 6.07 Å². The van der Waals surface area contributed by atoms with E-state index in [1.807, 2.05) is 0 Å². The minimum Gasteiger partial charge on any atom is -0.404 e. The molecule has 74 valence electrons. The highest BCUT2D eigenvalue weighted by atomic mass is 16.5. The first-order chi connectivity index (χ1) is 7.36. The Labute approximate surface area is 86.6 Å². The molecule has 2 heterocycles. The zero-order chi connectivity index (χ0) is 10.5. The molecule has 0 aliphatic carbocycles. The monoisotopic (exact) mass is 200 g/mol. The minimum atomic E-state index is -0.457. The molecule has 0 amide bonds. The normalized spacial score (nSPS) is 9.60. The molecule has 2 aromatic rings. The number of hydrogen-bond donors (Lipinski definition) is 0. The van der Waals surface area contributed by atoms with Crippen molar-refractivity contribution >= 4 is 5.97 Å². The summed E-state index contributed by atoms with van der Waals surface area (Å²) in [5.74, 6) is -0.173. The number of ether oxygens (including phenoxy) is 1. The van der Waals surface area contributed by atoms with Crippen molar-refractivity contribution in [1.82, 2.24) is 9.97 Å². The highest BCUT2D eigenvalue weighted by molar-refractivity contribution is 5.90. The van der Waals surface area contributed by atoms with Gasteiger partial charge in [0.05, 0.1) is 5.56 Å². The van der Waals surface area contributed by atoms with Crippen molar-refractivity contribution in [1.29, 1.82) is 0 Å². The molecule has 15 heavy (non-hydrogen) atoms. The number of pyridine rings is 2. The van der Waals surface area contributed by atoms with Crippen molar-refractivity contribution in [3.63, 3.8) is 0 Å². The molecule has 0 radical (unpaired) electrons. The average Bonchev–Trinajstić information content (AvgIpc) is 2.31. The zero-order valence-corrected chi connectivity index (χ0v) is 7.83. The number of carbonyl (C=O) groups is 1. The summed E-state index contributed by atoms with van der Waals surface area (Å²) >= 11 is 0. The lowest BCUT2D eigenvalue weighted by atomic mass is 10.3. The second-order valence-electron chi connectivity index (χ2n) is 2.80. The SMILES string of the molecule is O=C(Oc1ccccn1)c1cccnc1. The van der Waals surface area contributed by atoms with Gasteiger partial charge in [-0.25, -0.2) is 9.78 Å². The van der Waals surface area contributed by atoms with Gasteiger partial charge in [0, 0.05) is 24.7 Å². The summed E-state index contributed by atoms with van der Waals surface area (Å²) in [6.45, 7) is 0. The Hall–Kier alpha value is -2.23. The molecule has 0 spiro atoms. The Morgan fingerprint density at radius 3 is 2.73 bits per heavy atom. The van der Waals surface area contributed by atoms with Crippen molar-refractivity contribution in [2.75, 3.05) is 0 Å². The first-order valence-corrected chi connectivity index (χ1v) is 4.39. The molecule has 0 N–H and O–H groups in total.